The number of hydrogen-bond donors (Lipinski definition) is 4. The van der Waals surface area contributed by atoms with Gasteiger partial charge in [-0.05, 0) is 32.9 Å². The predicted octanol–water partition coefficient (Wildman–Crippen LogP) is 0.305. The molecule has 3 rings (SSSR count). The molecule has 0 atom stereocenters. The Bertz CT molecular complexity index is 969. The minimum atomic E-state index is -1.82. The number of ether oxygens (including phenoxy) is 1. The summed E-state index contributed by atoms with van der Waals surface area (Å²) in [6.07, 6.45) is 1.84. The molecule has 0 spiro atoms. The maximum Gasteiger partial charge on any atom is 0.414 e. The van der Waals surface area contributed by atoms with Gasteiger partial charge >= 0.3 is 23.9 Å². The van der Waals surface area contributed by atoms with Gasteiger partial charge in [-0.2, -0.15) is 0 Å². The van der Waals surface area contributed by atoms with Crippen molar-refractivity contribution in [2.75, 3.05) is 39.4 Å². The molecule has 1 aliphatic rings. The summed E-state index contributed by atoms with van der Waals surface area (Å²) in [5, 5.41) is 29.6. The summed E-state index contributed by atoms with van der Waals surface area (Å²) >= 11 is 0. The van der Waals surface area contributed by atoms with E-state index in [0.717, 1.165) is 62.9 Å². The largest absolute Gasteiger partial charge is 0.473 e. The molecular weight excluding hydrogens is 478 g/mol. The van der Waals surface area contributed by atoms with Crippen LogP contribution >= 0.6 is 0 Å². The first-order valence-electron chi connectivity index (χ1n) is 11.2. The summed E-state index contributed by atoms with van der Waals surface area (Å²) in [5.41, 5.74) is 1.94. The summed E-state index contributed by atoms with van der Waals surface area (Å²) in [5.74, 6) is -6.20. The Kier molecular flexibility index (Phi) is 13.0. The summed E-state index contributed by atoms with van der Waals surface area (Å²) < 4.78 is 7.77. The van der Waals surface area contributed by atoms with Gasteiger partial charge in [-0.25, -0.2) is 29.1 Å². The molecule has 2 aromatic heterocycles. The van der Waals surface area contributed by atoms with Gasteiger partial charge in [0.2, 0.25) is 0 Å². The number of carboxylic acids is 4. The smallest absolute Gasteiger partial charge is 0.414 e. The van der Waals surface area contributed by atoms with Crippen LogP contribution in [0.3, 0.4) is 0 Å². The van der Waals surface area contributed by atoms with Crippen LogP contribution in [-0.4, -0.2) is 114 Å². The van der Waals surface area contributed by atoms with Crippen LogP contribution in [0.4, 0.5) is 0 Å². The highest BCUT2D eigenvalue weighted by Gasteiger charge is 2.21. The lowest BCUT2D eigenvalue weighted by Gasteiger charge is -2.36. The lowest BCUT2D eigenvalue weighted by Crippen LogP contribution is -2.48. The van der Waals surface area contributed by atoms with E-state index in [1.807, 2.05) is 25.3 Å². The molecule has 1 saturated heterocycles. The number of aliphatic carboxylic acids is 4. The lowest BCUT2D eigenvalue weighted by molar-refractivity contribution is -0.159. The summed E-state index contributed by atoms with van der Waals surface area (Å²) in [4.78, 5) is 50.8. The summed E-state index contributed by atoms with van der Waals surface area (Å²) in [7, 11) is 0. The maximum atomic E-state index is 9.10. The van der Waals surface area contributed by atoms with Crippen LogP contribution in [0, 0.1) is 0 Å². The molecule has 0 radical (unpaired) electrons. The van der Waals surface area contributed by atoms with Gasteiger partial charge in [-0.15, -0.1) is 0 Å². The van der Waals surface area contributed by atoms with Crippen LogP contribution in [0.25, 0.3) is 11.2 Å². The molecule has 200 valence electrons. The van der Waals surface area contributed by atoms with Gasteiger partial charge in [0.15, 0.2) is 5.65 Å². The Morgan fingerprint density at radius 3 is 2.00 bits per heavy atom. The highest BCUT2D eigenvalue weighted by Crippen LogP contribution is 2.16. The molecule has 4 N–H and O–H groups in total. The molecule has 0 unspecified atom stereocenters. The highest BCUT2D eigenvalue weighted by atomic mass is 16.5. The van der Waals surface area contributed by atoms with E-state index in [1.165, 1.54) is 0 Å². The zero-order valence-electron chi connectivity index (χ0n) is 20.5. The molecule has 1 aliphatic heterocycles. The molecular formula is C22H33N5O9. The zero-order chi connectivity index (χ0) is 27.3. The fraction of sp³-hybridized carbons (Fsp3) is 0.545. The Balaban J connectivity index is 0.000000450. The number of carboxylic acid groups (broad SMARTS) is 4. The van der Waals surface area contributed by atoms with Crippen molar-refractivity contribution in [1.82, 2.24) is 24.3 Å². The Morgan fingerprint density at radius 1 is 0.972 bits per heavy atom. The van der Waals surface area contributed by atoms with Gasteiger partial charge in [-0.3, -0.25) is 9.80 Å². The van der Waals surface area contributed by atoms with E-state index in [4.69, 9.17) is 49.3 Å². The summed E-state index contributed by atoms with van der Waals surface area (Å²) in [6, 6.07) is 4.62. The van der Waals surface area contributed by atoms with Crippen molar-refractivity contribution >= 4 is 35.0 Å². The van der Waals surface area contributed by atoms with Crippen LogP contribution in [0.1, 0.15) is 26.6 Å². The molecule has 2 aromatic rings. The number of hydrogen-bond acceptors (Lipinski definition) is 9. The molecule has 0 aliphatic carbocycles. The number of fused-ring (bicyclic) bond motifs is 1. The lowest BCUT2D eigenvalue weighted by atomic mass is 10.2. The SMILES string of the molecule is CCOCCn1c(CN2CCN(C(C)C)CC2)nc2cccnc21.O=C(O)C(=O)O.O=C(O)C(=O)O. The second-order valence-electron chi connectivity index (χ2n) is 7.85. The van der Waals surface area contributed by atoms with Crippen LogP contribution in [0.2, 0.25) is 0 Å². The molecule has 3 heterocycles. The number of imidazole rings is 1. The molecule has 1 fully saturated rings. The first-order valence-corrected chi connectivity index (χ1v) is 11.2. The Hall–Kier alpha value is -3.62. The molecule has 0 aromatic carbocycles. The van der Waals surface area contributed by atoms with Gasteiger partial charge in [0.05, 0.1) is 13.2 Å². The average molecular weight is 512 g/mol. The van der Waals surface area contributed by atoms with Crippen LogP contribution in [-0.2, 0) is 37.0 Å². The van der Waals surface area contributed by atoms with E-state index in [1.54, 1.807) is 0 Å². The maximum absolute atomic E-state index is 9.10. The average Bonchev–Trinajstić information content (AvgIpc) is 3.17. The molecule has 0 bridgehead atoms. The van der Waals surface area contributed by atoms with Gasteiger partial charge < -0.3 is 29.7 Å². The third-order valence-corrected chi connectivity index (χ3v) is 5.11. The number of aromatic nitrogens is 3. The van der Waals surface area contributed by atoms with Crippen molar-refractivity contribution in [3.63, 3.8) is 0 Å². The molecule has 14 heteroatoms. The van der Waals surface area contributed by atoms with E-state index in [0.29, 0.717) is 12.6 Å². The number of nitrogens with zero attached hydrogens (tertiary/aromatic N) is 5. The standard InChI is InChI=1S/C18H29N5O.2C2H2O4/c1-4-24-13-12-23-17(20-16-6-5-7-19-18(16)23)14-21-8-10-22(11-9-21)15(2)3;2*3-1(4)2(5)6/h5-7,15H,4,8-14H2,1-3H3;2*(H,3,4)(H,5,6). The van der Waals surface area contributed by atoms with Crippen molar-refractivity contribution in [3.8, 4) is 0 Å². The second-order valence-corrected chi connectivity index (χ2v) is 7.85. The van der Waals surface area contributed by atoms with Crippen molar-refractivity contribution in [2.45, 2.75) is 39.9 Å². The fourth-order valence-corrected chi connectivity index (χ4v) is 3.30. The van der Waals surface area contributed by atoms with E-state index >= 15 is 0 Å². The van der Waals surface area contributed by atoms with Gasteiger partial charge in [0.25, 0.3) is 0 Å². The molecule has 0 amide bonds. The van der Waals surface area contributed by atoms with Crippen molar-refractivity contribution in [2.24, 2.45) is 0 Å². The minimum absolute atomic E-state index is 0.632. The number of piperazine rings is 1. The van der Waals surface area contributed by atoms with E-state index < -0.39 is 23.9 Å². The van der Waals surface area contributed by atoms with Gasteiger partial charge in [0.1, 0.15) is 11.3 Å². The van der Waals surface area contributed by atoms with Crippen LogP contribution in [0.15, 0.2) is 18.3 Å². The van der Waals surface area contributed by atoms with Crippen LogP contribution in [0.5, 0.6) is 0 Å². The van der Waals surface area contributed by atoms with Gasteiger partial charge in [0, 0.05) is 51.6 Å². The van der Waals surface area contributed by atoms with E-state index in [-0.39, 0.29) is 0 Å². The predicted molar refractivity (Wildman–Crippen MR) is 127 cm³/mol. The monoisotopic (exact) mass is 511 g/mol. The minimum Gasteiger partial charge on any atom is -0.473 e. The topological polar surface area (TPSA) is 196 Å². The molecule has 14 nitrogen and oxygen atoms in total. The quantitative estimate of drug-likeness (QED) is 0.293. The fourth-order valence-electron chi connectivity index (χ4n) is 3.30. The van der Waals surface area contributed by atoms with Crippen molar-refractivity contribution in [1.29, 1.82) is 0 Å². The van der Waals surface area contributed by atoms with Gasteiger partial charge in [-0.1, -0.05) is 0 Å². The normalized spacial score (nSPS) is 13.9. The molecule has 0 saturated carbocycles. The number of rotatable bonds is 7. The van der Waals surface area contributed by atoms with Crippen molar-refractivity contribution < 1.29 is 44.3 Å². The second kappa shape index (κ2) is 15.4. The Morgan fingerprint density at radius 2 is 1.53 bits per heavy atom. The van der Waals surface area contributed by atoms with Crippen LogP contribution < -0.4 is 0 Å². The first kappa shape index (κ1) is 30.4. The van der Waals surface area contributed by atoms with E-state index in [9.17, 15) is 0 Å². The molecule has 36 heavy (non-hydrogen) atoms. The number of carbonyl (C=O) groups is 4. The Labute approximate surface area is 207 Å². The first-order chi connectivity index (χ1) is 17.0. The highest BCUT2D eigenvalue weighted by molar-refractivity contribution is 6.27. The third kappa shape index (κ3) is 10.3. The zero-order valence-corrected chi connectivity index (χ0v) is 20.5. The van der Waals surface area contributed by atoms with Crippen molar-refractivity contribution in [3.05, 3.63) is 24.2 Å². The van der Waals surface area contributed by atoms with E-state index in [2.05, 4.69) is 33.2 Å². The number of pyridine rings is 1. The third-order valence-electron chi connectivity index (χ3n) is 5.11. The summed E-state index contributed by atoms with van der Waals surface area (Å²) in [6.45, 7) is 14.2.